The van der Waals surface area contributed by atoms with Crippen LogP contribution in [0.3, 0.4) is 0 Å². The quantitative estimate of drug-likeness (QED) is 0.470. The predicted molar refractivity (Wildman–Crippen MR) is 44.2 cm³/mol. The van der Waals surface area contributed by atoms with Crippen molar-refractivity contribution in [2.45, 2.75) is 0 Å². The van der Waals surface area contributed by atoms with Crippen LogP contribution in [-0.4, -0.2) is 11.7 Å². The van der Waals surface area contributed by atoms with E-state index in [1.807, 2.05) is 24.3 Å². The van der Waals surface area contributed by atoms with E-state index in [2.05, 4.69) is 9.66 Å². The van der Waals surface area contributed by atoms with Crippen LogP contribution in [-0.2, 0) is 0 Å². The van der Waals surface area contributed by atoms with Gasteiger partial charge >= 0.3 is 10.5 Å². The fourth-order valence-corrected chi connectivity index (χ4v) is 1.16. The smallest absolute Gasteiger partial charge is 0.264 e. The minimum absolute atomic E-state index is 0.512. The normalized spacial score (nSPS) is 14.1. The monoisotopic (exact) mass is 165 g/mol. The van der Waals surface area contributed by atoms with Crippen LogP contribution in [0.5, 0.6) is 0 Å². The molecule has 0 bridgehead atoms. The average Bonchev–Trinajstić information content (AvgIpc) is 2.04. The van der Waals surface area contributed by atoms with E-state index in [1.165, 1.54) is 0 Å². The molecule has 1 heterocycles. The number of hydrogen-bond donors (Lipinski definition) is 0. The topological polar surface area (TPSA) is 26.5 Å². The molecule has 0 amide bonds. The van der Waals surface area contributed by atoms with Gasteiger partial charge in [0.2, 0.25) is 0 Å². The number of benzene rings is 1. The highest BCUT2D eigenvalue weighted by Gasteiger charge is 2.08. The summed E-state index contributed by atoms with van der Waals surface area (Å²) in [4.78, 5) is 4.21. The third kappa shape index (κ3) is 1.18. The summed E-state index contributed by atoms with van der Waals surface area (Å²) in [6.45, 7) is 0.512. The van der Waals surface area contributed by atoms with Crippen LogP contribution in [0.15, 0.2) is 29.3 Å². The number of rotatable bonds is 0. The molecule has 2 rings (SSSR count). The number of halogens is 1. The van der Waals surface area contributed by atoms with Gasteiger partial charge in [-0.1, -0.05) is 16.8 Å². The molecule has 54 valence electrons. The van der Waals surface area contributed by atoms with E-state index in [1.54, 1.807) is 0 Å². The molecule has 0 unspecified atom stereocenters. The van der Waals surface area contributed by atoms with Gasteiger partial charge < -0.3 is 0 Å². The van der Waals surface area contributed by atoms with Crippen molar-refractivity contribution >= 4 is 16.8 Å². The molecule has 1 aliphatic heterocycles. The Morgan fingerprint density at radius 1 is 1.36 bits per heavy atom. The van der Waals surface area contributed by atoms with Gasteiger partial charge in [0.05, 0.1) is 0 Å². The van der Waals surface area contributed by atoms with Crippen molar-refractivity contribution < 1.29 is 0 Å². The van der Waals surface area contributed by atoms with Crippen LogP contribution < -0.4 is 15.4 Å². The summed E-state index contributed by atoms with van der Waals surface area (Å²) in [6, 6.07) is 7.70. The summed E-state index contributed by atoms with van der Waals surface area (Å²) in [5, 5.41) is 2.35. The number of para-hydroxylation sites is 2. The Hall–Kier alpha value is -1.11. The Balaban J connectivity index is 2.96. The number of nitrogens with zero attached hydrogens (tertiary/aromatic N) is 2. The van der Waals surface area contributed by atoms with Crippen molar-refractivity contribution in [1.82, 2.24) is 4.67 Å². The summed E-state index contributed by atoms with van der Waals surface area (Å²) in [7, 11) is 0. The lowest BCUT2D eigenvalue weighted by atomic mass is 10.3. The molecule has 0 fully saturated rings. The van der Waals surface area contributed by atoms with E-state index < -0.39 is 0 Å². The third-order valence-corrected chi connectivity index (χ3v) is 1.71. The van der Waals surface area contributed by atoms with Gasteiger partial charge in [0.15, 0.2) is 6.54 Å². The molecule has 0 aliphatic carbocycles. The molecular weight excluding hydrogens is 160 g/mol. The van der Waals surface area contributed by atoms with Gasteiger partial charge in [0.25, 0.3) is 0 Å². The highest BCUT2D eigenvalue weighted by Crippen LogP contribution is 1.80. The van der Waals surface area contributed by atoms with Crippen molar-refractivity contribution in [1.29, 1.82) is 0 Å². The second-order valence-electron chi connectivity index (χ2n) is 2.29. The molecule has 0 spiro atoms. The standard InChI is InChI=1S/C8H6ClN2/c9-8-5-10-6-3-1-2-4-7(6)11-8/h1-4H,5H2/q+1. The Morgan fingerprint density at radius 2 is 2.18 bits per heavy atom. The second kappa shape index (κ2) is 2.50. The van der Waals surface area contributed by atoms with Crippen molar-refractivity contribution in [2.75, 3.05) is 6.54 Å². The lowest BCUT2D eigenvalue weighted by Gasteiger charge is -1.83. The lowest BCUT2D eigenvalue weighted by molar-refractivity contribution is 1.09. The molecule has 0 radical (unpaired) electrons. The molecule has 1 aromatic rings. The van der Waals surface area contributed by atoms with Crippen LogP contribution in [0.4, 0.5) is 0 Å². The summed E-state index contributed by atoms with van der Waals surface area (Å²) < 4.78 is 4.13. The van der Waals surface area contributed by atoms with E-state index in [0.717, 1.165) is 10.7 Å². The Morgan fingerprint density at radius 3 is 3.09 bits per heavy atom. The molecular formula is C8H6ClN2+. The van der Waals surface area contributed by atoms with E-state index in [9.17, 15) is 0 Å². The van der Waals surface area contributed by atoms with Crippen LogP contribution in [0, 0.1) is 0 Å². The zero-order valence-electron chi connectivity index (χ0n) is 5.79. The maximum atomic E-state index is 5.70. The zero-order chi connectivity index (χ0) is 7.68. The molecule has 1 aromatic carbocycles. The molecule has 3 heteroatoms. The molecule has 0 atom stereocenters. The third-order valence-electron chi connectivity index (χ3n) is 1.50. The minimum atomic E-state index is 0.512. The SMILES string of the molecule is ClC1=[N+]=c2ccccc2=NC1. The lowest BCUT2D eigenvalue weighted by Crippen LogP contribution is -2.32. The predicted octanol–water partition coefficient (Wildman–Crippen LogP) is -0.356. The first-order valence-electron chi connectivity index (χ1n) is 3.36. The van der Waals surface area contributed by atoms with Crippen molar-refractivity contribution in [2.24, 2.45) is 4.99 Å². The van der Waals surface area contributed by atoms with Crippen LogP contribution in [0.25, 0.3) is 0 Å². The highest BCUT2D eigenvalue weighted by molar-refractivity contribution is 6.65. The van der Waals surface area contributed by atoms with Crippen LogP contribution in [0.2, 0.25) is 0 Å². The summed E-state index contributed by atoms with van der Waals surface area (Å²) in [5.74, 6) is 0. The fraction of sp³-hybridized carbons (Fsp3) is 0.125. The first-order valence-corrected chi connectivity index (χ1v) is 3.73. The van der Waals surface area contributed by atoms with E-state index in [-0.39, 0.29) is 0 Å². The molecule has 0 N–H and O–H groups in total. The Bertz CT molecular complexity index is 430. The maximum absolute atomic E-state index is 5.70. The largest absolute Gasteiger partial charge is 0.394 e. The highest BCUT2D eigenvalue weighted by atomic mass is 35.5. The van der Waals surface area contributed by atoms with Crippen LogP contribution >= 0.6 is 11.6 Å². The van der Waals surface area contributed by atoms with Gasteiger partial charge in [-0.25, -0.2) is 0 Å². The van der Waals surface area contributed by atoms with E-state index >= 15 is 0 Å². The van der Waals surface area contributed by atoms with E-state index in [0.29, 0.717) is 11.7 Å². The average molecular weight is 166 g/mol. The van der Waals surface area contributed by atoms with Crippen molar-refractivity contribution in [3.05, 3.63) is 35.0 Å². The molecule has 11 heavy (non-hydrogen) atoms. The maximum Gasteiger partial charge on any atom is 0.394 e. The molecule has 0 saturated heterocycles. The van der Waals surface area contributed by atoms with Gasteiger partial charge in [-0.3, -0.25) is 4.99 Å². The van der Waals surface area contributed by atoms with Gasteiger partial charge in [-0.05, 0) is 6.07 Å². The summed E-state index contributed by atoms with van der Waals surface area (Å²) in [5.41, 5.74) is 0. The van der Waals surface area contributed by atoms with Crippen molar-refractivity contribution in [3.63, 3.8) is 0 Å². The fourth-order valence-electron chi connectivity index (χ4n) is 1.01. The van der Waals surface area contributed by atoms with Gasteiger partial charge in [0.1, 0.15) is 5.36 Å². The zero-order valence-corrected chi connectivity index (χ0v) is 6.54. The first-order chi connectivity index (χ1) is 5.36. The van der Waals surface area contributed by atoms with Crippen LogP contribution in [0.1, 0.15) is 0 Å². The minimum Gasteiger partial charge on any atom is -0.264 e. The first kappa shape index (κ1) is 6.59. The van der Waals surface area contributed by atoms with Gasteiger partial charge in [0, 0.05) is 17.7 Å². The summed E-state index contributed by atoms with van der Waals surface area (Å²) in [6.07, 6.45) is 0. The van der Waals surface area contributed by atoms with Crippen molar-refractivity contribution in [3.8, 4) is 0 Å². The molecule has 1 aliphatic rings. The number of fused-ring (bicyclic) bond motifs is 1. The second-order valence-corrected chi connectivity index (χ2v) is 2.73. The molecule has 2 nitrogen and oxygen atoms in total. The molecule has 0 saturated carbocycles. The van der Waals surface area contributed by atoms with Gasteiger partial charge in [-0.15, -0.1) is 0 Å². The Kier molecular flexibility index (Phi) is 1.50. The van der Waals surface area contributed by atoms with E-state index in [4.69, 9.17) is 11.6 Å². The number of hydrogen-bond acceptors (Lipinski definition) is 1. The van der Waals surface area contributed by atoms with Gasteiger partial charge in [-0.2, -0.15) is 0 Å². The summed E-state index contributed by atoms with van der Waals surface area (Å²) >= 11 is 5.70. The molecule has 0 aromatic heterocycles. The Labute approximate surface area is 68.6 Å².